The number of carbonyl (C=O) groups is 2. The van der Waals surface area contributed by atoms with Gasteiger partial charge < -0.3 is 10.1 Å². The molecule has 0 aromatic heterocycles. The molecule has 3 rings (SSSR count). The molecule has 2 aliphatic heterocycles. The number of nitrogens with one attached hydrogen (secondary N) is 1. The van der Waals surface area contributed by atoms with E-state index in [0.717, 1.165) is 0 Å². The fraction of sp³-hybridized carbons (Fsp3) is 0.294. The molecule has 0 radical (unpaired) electrons. The summed E-state index contributed by atoms with van der Waals surface area (Å²) in [5, 5.41) is 2.74. The number of ether oxygens (including phenoxy) is 1. The molecule has 0 aliphatic carbocycles. The van der Waals surface area contributed by atoms with Gasteiger partial charge in [0, 0.05) is 0 Å². The number of amides is 2. The third kappa shape index (κ3) is 4.16. The van der Waals surface area contributed by atoms with Crippen LogP contribution in [0, 0.1) is 12.7 Å². The zero-order valence-corrected chi connectivity index (χ0v) is 15.0. The lowest BCUT2D eigenvalue weighted by atomic mass is 10.2. The minimum absolute atomic E-state index is 0.175. The molecule has 1 aromatic carbocycles. The third-order valence-electron chi connectivity index (χ3n) is 3.84. The molecule has 1 atom stereocenters. The Morgan fingerprint density at radius 3 is 3.00 bits per heavy atom. The molecular weight excluding hydrogens is 367 g/mol. The molecule has 2 amide bonds. The number of allylic oxidation sites excluding steroid dienone is 2. The van der Waals surface area contributed by atoms with E-state index in [9.17, 15) is 14.0 Å². The first kappa shape index (κ1) is 17.8. The number of nitrogens with zero attached hydrogens (tertiary/aromatic N) is 1. The van der Waals surface area contributed by atoms with E-state index in [1.807, 2.05) is 6.08 Å². The van der Waals surface area contributed by atoms with E-state index in [1.54, 1.807) is 25.1 Å². The predicted octanol–water partition coefficient (Wildman–Crippen LogP) is 3.68. The average Bonchev–Trinajstić information content (AvgIpc) is 2.96. The van der Waals surface area contributed by atoms with Crippen LogP contribution in [0.4, 0.5) is 14.9 Å². The molecule has 1 aromatic rings. The maximum Gasteiger partial charge on any atom is 0.414 e. The molecule has 2 heterocycles. The van der Waals surface area contributed by atoms with Crippen LogP contribution in [0.25, 0.3) is 0 Å². The molecule has 1 unspecified atom stereocenters. The van der Waals surface area contributed by atoms with E-state index >= 15 is 0 Å². The van der Waals surface area contributed by atoms with Gasteiger partial charge in [0.05, 0.1) is 28.0 Å². The Morgan fingerprint density at radius 1 is 1.48 bits per heavy atom. The molecule has 0 spiro atoms. The Labute approximate surface area is 153 Å². The number of thioether (sulfide) groups is 1. The lowest BCUT2D eigenvalue weighted by molar-refractivity contribution is -0.117. The summed E-state index contributed by atoms with van der Waals surface area (Å²) in [4.78, 5) is 26.0. The highest BCUT2D eigenvalue weighted by molar-refractivity contribution is 8.09. The van der Waals surface area contributed by atoms with Crippen molar-refractivity contribution in [3.63, 3.8) is 0 Å². The van der Waals surface area contributed by atoms with Crippen molar-refractivity contribution in [1.82, 2.24) is 5.32 Å². The van der Waals surface area contributed by atoms with Crippen LogP contribution in [0.5, 0.6) is 0 Å². The Balaban J connectivity index is 1.57. The van der Waals surface area contributed by atoms with E-state index in [2.05, 4.69) is 5.32 Å². The van der Waals surface area contributed by atoms with Gasteiger partial charge in [0.25, 0.3) is 5.91 Å². The van der Waals surface area contributed by atoms with Crippen LogP contribution in [-0.4, -0.2) is 31.2 Å². The van der Waals surface area contributed by atoms with Gasteiger partial charge in [0.2, 0.25) is 0 Å². The Kier molecular flexibility index (Phi) is 5.34. The molecule has 1 N–H and O–H groups in total. The summed E-state index contributed by atoms with van der Waals surface area (Å²) in [6.07, 6.45) is 3.16. The zero-order chi connectivity index (χ0) is 18.0. The van der Waals surface area contributed by atoms with Crippen molar-refractivity contribution in [1.29, 1.82) is 0 Å². The van der Waals surface area contributed by atoms with Gasteiger partial charge in [-0.2, -0.15) is 0 Å². The number of carbonyl (C=O) groups excluding carboxylic acids is 2. The molecule has 132 valence electrons. The van der Waals surface area contributed by atoms with Crippen molar-refractivity contribution in [3.8, 4) is 0 Å². The van der Waals surface area contributed by atoms with Crippen molar-refractivity contribution in [2.24, 2.45) is 0 Å². The largest absolute Gasteiger partial charge is 0.442 e. The summed E-state index contributed by atoms with van der Waals surface area (Å²) in [6.45, 7) is 2.07. The summed E-state index contributed by atoms with van der Waals surface area (Å²) in [5.41, 5.74) is 0.940. The number of benzene rings is 1. The molecule has 1 fully saturated rings. The van der Waals surface area contributed by atoms with Crippen molar-refractivity contribution in [2.75, 3.05) is 18.0 Å². The van der Waals surface area contributed by atoms with Crippen LogP contribution >= 0.6 is 23.4 Å². The Bertz CT molecular complexity index is 781. The lowest BCUT2D eigenvalue weighted by Gasteiger charge is -2.14. The fourth-order valence-corrected chi connectivity index (χ4v) is 3.54. The summed E-state index contributed by atoms with van der Waals surface area (Å²) >= 11 is 7.10. The van der Waals surface area contributed by atoms with Gasteiger partial charge in [-0.05, 0) is 31.0 Å². The SMILES string of the molecule is Cc1ccc(N2CC(CNC(=O)C3=CCC=C(Cl)S3)OC2=O)cc1F. The molecule has 0 saturated carbocycles. The topological polar surface area (TPSA) is 58.6 Å². The van der Waals surface area contributed by atoms with E-state index in [-0.39, 0.29) is 24.8 Å². The fourth-order valence-electron chi connectivity index (χ4n) is 2.47. The maximum atomic E-state index is 13.7. The van der Waals surface area contributed by atoms with Gasteiger partial charge in [0.15, 0.2) is 0 Å². The number of rotatable bonds is 4. The monoisotopic (exact) mass is 382 g/mol. The first-order valence-electron chi connectivity index (χ1n) is 7.70. The van der Waals surface area contributed by atoms with E-state index in [1.165, 1.54) is 22.7 Å². The molecule has 25 heavy (non-hydrogen) atoms. The first-order chi connectivity index (χ1) is 11.9. The number of aryl methyl sites for hydroxylation is 1. The number of cyclic esters (lactones) is 1. The van der Waals surface area contributed by atoms with Crippen molar-refractivity contribution >= 4 is 41.1 Å². The minimum Gasteiger partial charge on any atom is -0.442 e. The van der Waals surface area contributed by atoms with Crippen molar-refractivity contribution in [3.05, 3.63) is 51.0 Å². The van der Waals surface area contributed by atoms with E-state index in [4.69, 9.17) is 16.3 Å². The molecular formula is C17H16ClFN2O3S. The van der Waals surface area contributed by atoms with Gasteiger partial charge in [-0.1, -0.05) is 41.6 Å². The normalized spacial score (nSPS) is 20.0. The maximum absolute atomic E-state index is 13.7. The number of hydrogen-bond acceptors (Lipinski definition) is 4. The van der Waals surface area contributed by atoms with Gasteiger partial charge in [-0.3, -0.25) is 9.69 Å². The third-order valence-corrected chi connectivity index (χ3v) is 5.16. The molecule has 5 nitrogen and oxygen atoms in total. The van der Waals surface area contributed by atoms with Crippen LogP contribution in [-0.2, 0) is 9.53 Å². The number of hydrogen-bond donors (Lipinski definition) is 1. The second kappa shape index (κ2) is 7.49. The summed E-state index contributed by atoms with van der Waals surface area (Å²) in [6, 6.07) is 4.57. The van der Waals surface area contributed by atoms with Crippen molar-refractivity contribution < 1.29 is 18.7 Å². The Hall–Kier alpha value is -1.99. The zero-order valence-electron chi connectivity index (χ0n) is 13.4. The number of halogens is 2. The molecule has 8 heteroatoms. The summed E-state index contributed by atoms with van der Waals surface area (Å²) in [5.74, 6) is -0.639. The lowest BCUT2D eigenvalue weighted by Crippen LogP contribution is -2.35. The van der Waals surface area contributed by atoms with E-state index < -0.39 is 12.2 Å². The summed E-state index contributed by atoms with van der Waals surface area (Å²) in [7, 11) is 0. The second-order valence-electron chi connectivity index (χ2n) is 5.67. The number of anilines is 1. The average molecular weight is 383 g/mol. The van der Waals surface area contributed by atoms with Gasteiger partial charge in [0.1, 0.15) is 11.9 Å². The highest BCUT2D eigenvalue weighted by Gasteiger charge is 2.33. The summed E-state index contributed by atoms with van der Waals surface area (Å²) < 4.78 is 19.5. The van der Waals surface area contributed by atoms with Crippen molar-refractivity contribution in [2.45, 2.75) is 19.4 Å². The van der Waals surface area contributed by atoms with Crippen LogP contribution in [0.15, 0.2) is 39.6 Å². The van der Waals surface area contributed by atoms with Gasteiger partial charge in [-0.15, -0.1) is 0 Å². The molecule has 0 bridgehead atoms. The Morgan fingerprint density at radius 2 is 2.28 bits per heavy atom. The van der Waals surface area contributed by atoms with Gasteiger partial charge in [-0.25, -0.2) is 9.18 Å². The quantitative estimate of drug-likeness (QED) is 0.863. The minimum atomic E-state index is -0.556. The van der Waals surface area contributed by atoms with Crippen LogP contribution < -0.4 is 10.2 Å². The van der Waals surface area contributed by atoms with E-state index in [0.29, 0.717) is 26.9 Å². The van der Waals surface area contributed by atoms with Crippen LogP contribution in [0.2, 0.25) is 0 Å². The molecule has 1 saturated heterocycles. The highest BCUT2D eigenvalue weighted by atomic mass is 35.5. The van der Waals surface area contributed by atoms with Gasteiger partial charge >= 0.3 is 6.09 Å². The highest BCUT2D eigenvalue weighted by Crippen LogP contribution is 2.33. The first-order valence-corrected chi connectivity index (χ1v) is 8.89. The smallest absolute Gasteiger partial charge is 0.414 e. The molecule has 2 aliphatic rings. The second-order valence-corrected chi connectivity index (χ2v) is 7.39. The van der Waals surface area contributed by atoms with Crippen LogP contribution in [0.3, 0.4) is 0 Å². The predicted molar refractivity (Wildman–Crippen MR) is 96.0 cm³/mol. The standard InChI is InChI=1S/C17H16ClFN2O3S/c1-10-5-6-11(7-13(10)19)21-9-12(24-17(21)23)8-20-16(22)14-3-2-4-15(18)25-14/h3-7,12H,2,8-9H2,1H3,(H,20,22). The van der Waals surface area contributed by atoms with Crippen LogP contribution in [0.1, 0.15) is 12.0 Å².